The number of H-pyrrole nitrogens is 2. The number of carbonyl (C=O) groups excluding carboxylic acids is 1. The smallest absolute Gasteiger partial charge is 0.378 e. The van der Waals surface area contributed by atoms with E-state index in [9.17, 15) is 9.59 Å². The highest BCUT2D eigenvalue weighted by Crippen LogP contribution is 2.29. The van der Waals surface area contributed by atoms with Crippen LogP contribution in [-0.4, -0.2) is 31.8 Å². The zero-order valence-electron chi connectivity index (χ0n) is 10.6. The second-order valence-electron chi connectivity index (χ2n) is 4.45. The lowest BCUT2D eigenvalue weighted by atomic mass is 10.1. The van der Waals surface area contributed by atoms with Crippen molar-refractivity contribution in [1.29, 1.82) is 0 Å². The van der Waals surface area contributed by atoms with Crippen molar-refractivity contribution in [3.63, 3.8) is 0 Å². The Hall–Kier alpha value is -2.89. The fourth-order valence-corrected chi connectivity index (χ4v) is 2.26. The minimum absolute atomic E-state index is 0.0304. The Bertz CT molecular complexity index is 829. The van der Waals surface area contributed by atoms with Gasteiger partial charge in [-0.2, -0.15) is 0 Å². The number of hydrogen-bond donors (Lipinski definition) is 3. The second kappa shape index (κ2) is 4.34. The number of carbonyl (C=O) groups is 2. The topological polar surface area (TPSA) is 98.8 Å². The molecular weight excluding hydrogens is 258 g/mol. The van der Waals surface area contributed by atoms with E-state index < -0.39 is 11.8 Å². The van der Waals surface area contributed by atoms with Crippen LogP contribution in [0.5, 0.6) is 0 Å². The summed E-state index contributed by atoms with van der Waals surface area (Å²) < 4.78 is 0. The average Bonchev–Trinajstić information content (AvgIpc) is 3.00. The first-order chi connectivity index (χ1) is 9.58. The average molecular weight is 269 g/mol. The Kier molecular flexibility index (Phi) is 2.64. The SMILES string of the molecule is Cc1[nH]c2ccccc2c1-c1ncc(C(=O)C(=O)O)[nH]1. The van der Waals surface area contributed by atoms with Crippen molar-refractivity contribution in [2.75, 3.05) is 0 Å². The maximum Gasteiger partial charge on any atom is 0.378 e. The lowest BCUT2D eigenvalue weighted by Crippen LogP contribution is -2.12. The summed E-state index contributed by atoms with van der Waals surface area (Å²) in [4.78, 5) is 32.2. The van der Waals surface area contributed by atoms with Crippen molar-refractivity contribution in [1.82, 2.24) is 15.0 Å². The van der Waals surface area contributed by atoms with Gasteiger partial charge in [-0.05, 0) is 13.0 Å². The van der Waals surface area contributed by atoms with E-state index in [0.717, 1.165) is 22.2 Å². The van der Waals surface area contributed by atoms with Gasteiger partial charge in [0.15, 0.2) is 0 Å². The third-order valence-corrected chi connectivity index (χ3v) is 3.15. The maximum atomic E-state index is 11.4. The summed E-state index contributed by atoms with van der Waals surface area (Å²) in [6.07, 6.45) is 1.24. The number of fused-ring (bicyclic) bond motifs is 1. The van der Waals surface area contributed by atoms with E-state index in [-0.39, 0.29) is 5.69 Å². The van der Waals surface area contributed by atoms with Crippen LogP contribution in [0.4, 0.5) is 0 Å². The third-order valence-electron chi connectivity index (χ3n) is 3.15. The summed E-state index contributed by atoms with van der Waals surface area (Å²) in [5, 5.41) is 9.66. The summed E-state index contributed by atoms with van der Waals surface area (Å²) in [5.74, 6) is -2.03. The number of imidazole rings is 1. The number of rotatable bonds is 3. The molecule has 3 N–H and O–H groups in total. The summed E-state index contributed by atoms with van der Waals surface area (Å²) >= 11 is 0. The number of aliphatic carboxylic acids is 1. The lowest BCUT2D eigenvalue weighted by Gasteiger charge is -1.96. The zero-order chi connectivity index (χ0) is 14.3. The molecule has 0 saturated heterocycles. The van der Waals surface area contributed by atoms with Gasteiger partial charge in [0.25, 0.3) is 5.78 Å². The molecule has 0 aliphatic carbocycles. The van der Waals surface area contributed by atoms with Gasteiger partial charge >= 0.3 is 5.97 Å². The van der Waals surface area contributed by atoms with Crippen molar-refractivity contribution in [3.8, 4) is 11.4 Å². The standard InChI is InChI=1S/C14H11N3O3/c1-7-11(8-4-2-3-5-9(8)16-7)13-15-6-10(17-13)12(18)14(19)20/h2-6,16H,1H3,(H,15,17)(H,19,20). The van der Waals surface area contributed by atoms with Crippen molar-refractivity contribution in [2.45, 2.75) is 6.92 Å². The molecule has 2 aromatic heterocycles. The fraction of sp³-hybridized carbons (Fsp3) is 0.0714. The van der Waals surface area contributed by atoms with Gasteiger partial charge in [-0.25, -0.2) is 9.78 Å². The number of nitrogens with one attached hydrogen (secondary N) is 2. The summed E-state index contributed by atoms with van der Waals surface area (Å²) in [6, 6.07) is 7.71. The summed E-state index contributed by atoms with van der Waals surface area (Å²) in [6.45, 7) is 1.90. The summed E-state index contributed by atoms with van der Waals surface area (Å²) in [5.41, 5.74) is 2.67. The number of aryl methyl sites for hydroxylation is 1. The quantitative estimate of drug-likeness (QED) is 0.501. The Morgan fingerprint density at radius 3 is 2.70 bits per heavy atom. The van der Waals surface area contributed by atoms with E-state index in [1.807, 2.05) is 31.2 Å². The number of Topliss-reactive ketones (excluding diaryl/α,β-unsaturated/α-hetero) is 1. The minimum atomic E-state index is -1.50. The number of aromatic amines is 2. The number of hydrogen-bond acceptors (Lipinski definition) is 3. The number of carboxylic acids is 1. The largest absolute Gasteiger partial charge is 0.475 e. The van der Waals surface area contributed by atoms with Crippen molar-refractivity contribution < 1.29 is 14.7 Å². The van der Waals surface area contributed by atoms with Gasteiger partial charge in [0.1, 0.15) is 11.5 Å². The minimum Gasteiger partial charge on any atom is -0.475 e. The summed E-state index contributed by atoms with van der Waals surface area (Å²) in [7, 11) is 0. The number of aromatic nitrogens is 3. The van der Waals surface area contributed by atoms with Gasteiger partial charge in [-0.3, -0.25) is 4.79 Å². The first-order valence-corrected chi connectivity index (χ1v) is 5.98. The molecule has 2 heterocycles. The predicted octanol–water partition coefficient (Wildman–Crippen LogP) is 2.13. The van der Waals surface area contributed by atoms with Crippen LogP contribution in [0.15, 0.2) is 30.5 Å². The first kappa shape index (κ1) is 12.2. The predicted molar refractivity (Wildman–Crippen MR) is 72.6 cm³/mol. The highest BCUT2D eigenvalue weighted by Gasteiger charge is 2.19. The molecule has 3 aromatic rings. The molecule has 0 radical (unpaired) electrons. The molecular formula is C14H11N3O3. The number of benzene rings is 1. The molecule has 6 heteroatoms. The maximum absolute atomic E-state index is 11.4. The van der Waals surface area contributed by atoms with Gasteiger partial charge in [0.2, 0.25) is 0 Å². The molecule has 0 unspecified atom stereocenters. The molecule has 0 amide bonds. The Labute approximate surface area is 113 Å². The van der Waals surface area contributed by atoms with Crippen LogP contribution in [0.3, 0.4) is 0 Å². The highest BCUT2D eigenvalue weighted by molar-refractivity contribution is 6.39. The number of para-hydroxylation sites is 1. The second-order valence-corrected chi connectivity index (χ2v) is 4.45. The molecule has 0 saturated carbocycles. The molecule has 0 aliphatic heterocycles. The molecule has 0 atom stereocenters. The Morgan fingerprint density at radius 2 is 1.95 bits per heavy atom. The number of nitrogens with zero attached hydrogens (tertiary/aromatic N) is 1. The Morgan fingerprint density at radius 1 is 1.20 bits per heavy atom. The van der Waals surface area contributed by atoms with Crippen LogP contribution in [0.25, 0.3) is 22.3 Å². The molecule has 0 spiro atoms. The molecule has 0 bridgehead atoms. The molecule has 20 heavy (non-hydrogen) atoms. The van der Waals surface area contributed by atoms with Gasteiger partial charge in [0.05, 0.1) is 6.20 Å². The van der Waals surface area contributed by atoms with Crippen LogP contribution in [0.1, 0.15) is 16.2 Å². The van der Waals surface area contributed by atoms with Crippen molar-refractivity contribution >= 4 is 22.7 Å². The fourth-order valence-electron chi connectivity index (χ4n) is 2.26. The lowest BCUT2D eigenvalue weighted by molar-refractivity contribution is -0.131. The van der Waals surface area contributed by atoms with E-state index in [4.69, 9.17) is 5.11 Å². The van der Waals surface area contributed by atoms with Gasteiger partial charge in [-0.15, -0.1) is 0 Å². The molecule has 6 nitrogen and oxygen atoms in total. The van der Waals surface area contributed by atoms with Gasteiger partial charge < -0.3 is 15.1 Å². The van der Waals surface area contributed by atoms with E-state index in [1.165, 1.54) is 6.20 Å². The van der Waals surface area contributed by atoms with Crippen molar-refractivity contribution in [3.05, 3.63) is 41.9 Å². The monoisotopic (exact) mass is 269 g/mol. The molecule has 0 aliphatic rings. The zero-order valence-corrected chi connectivity index (χ0v) is 10.6. The van der Waals surface area contributed by atoms with Crippen LogP contribution in [0, 0.1) is 6.92 Å². The molecule has 100 valence electrons. The molecule has 1 aromatic carbocycles. The van der Waals surface area contributed by atoms with E-state index in [1.54, 1.807) is 0 Å². The highest BCUT2D eigenvalue weighted by atomic mass is 16.4. The van der Waals surface area contributed by atoms with E-state index >= 15 is 0 Å². The number of carboxylic acid groups (broad SMARTS) is 1. The number of ketones is 1. The third kappa shape index (κ3) is 1.78. The van der Waals surface area contributed by atoms with Crippen molar-refractivity contribution in [2.24, 2.45) is 0 Å². The van der Waals surface area contributed by atoms with E-state index in [2.05, 4.69) is 15.0 Å². The van der Waals surface area contributed by atoms with Crippen LogP contribution in [0.2, 0.25) is 0 Å². The molecule has 3 rings (SSSR count). The first-order valence-electron chi connectivity index (χ1n) is 5.98. The Balaban J connectivity index is 2.15. The van der Waals surface area contributed by atoms with Crippen LogP contribution < -0.4 is 0 Å². The van der Waals surface area contributed by atoms with Crippen LogP contribution in [-0.2, 0) is 4.79 Å². The van der Waals surface area contributed by atoms with Gasteiger partial charge in [0, 0.05) is 22.2 Å². The van der Waals surface area contributed by atoms with Crippen LogP contribution >= 0.6 is 0 Å². The van der Waals surface area contributed by atoms with E-state index in [0.29, 0.717) is 5.82 Å². The molecule has 0 fully saturated rings. The van der Waals surface area contributed by atoms with Gasteiger partial charge in [-0.1, -0.05) is 18.2 Å². The normalized spacial score (nSPS) is 10.8.